The first-order valence-corrected chi connectivity index (χ1v) is 5.89. The Kier molecular flexibility index (Phi) is 4.48. The van der Waals surface area contributed by atoms with Gasteiger partial charge in [-0.05, 0) is 27.2 Å². The summed E-state index contributed by atoms with van der Waals surface area (Å²) in [5.74, 6) is -0.258. The minimum absolute atomic E-state index is 0.0212. The largest absolute Gasteiger partial charge is 0.444 e. The second-order valence-corrected chi connectivity index (χ2v) is 5.39. The molecular formula is C12H20FNO3. The summed E-state index contributed by atoms with van der Waals surface area (Å²) >= 11 is 0. The van der Waals surface area contributed by atoms with Gasteiger partial charge in [0.05, 0.1) is 6.54 Å². The third-order valence-corrected chi connectivity index (χ3v) is 2.73. The number of amides is 1. The highest BCUT2D eigenvalue weighted by Crippen LogP contribution is 2.24. The standard InChI is InChI=1S/C12H20FNO3/c1-12(2,3)17-11(16)14-6-4-9(5-7-15)10(13)8-14/h7,9-10H,4-6,8H2,1-3H3/t9?,10-/m0/s1. The molecule has 0 saturated carbocycles. The van der Waals surface area contributed by atoms with Crippen molar-refractivity contribution in [3.05, 3.63) is 0 Å². The number of hydrogen-bond donors (Lipinski definition) is 0. The Morgan fingerprint density at radius 2 is 2.18 bits per heavy atom. The molecule has 0 bridgehead atoms. The van der Waals surface area contributed by atoms with E-state index < -0.39 is 17.9 Å². The van der Waals surface area contributed by atoms with Crippen LogP contribution in [0.1, 0.15) is 33.6 Å². The zero-order valence-corrected chi connectivity index (χ0v) is 10.6. The van der Waals surface area contributed by atoms with Gasteiger partial charge >= 0.3 is 6.09 Å². The normalized spacial score (nSPS) is 25.5. The van der Waals surface area contributed by atoms with Crippen LogP contribution in [0.2, 0.25) is 0 Å². The van der Waals surface area contributed by atoms with E-state index >= 15 is 0 Å². The van der Waals surface area contributed by atoms with Gasteiger partial charge in [0.15, 0.2) is 0 Å². The van der Waals surface area contributed by atoms with E-state index in [-0.39, 0.29) is 18.9 Å². The van der Waals surface area contributed by atoms with E-state index in [2.05, 4.69) is 0 Å². The number of aldehydes is 1. The number of likely N-dealkylation sites (tertiary alicyclic amines) is 1. The molecule has 1 fully saturated rings. The van der Waals surface area contributed by atoms with Crippen LogP contribution in [0.4, 0.5) is 9.18 Å². The number of ether oxygens (including phenoxy) is 1. The fraction of sp³-hybridized carbons (Fsp3) is 0.833. The Morgan fingerprint density at radius 3 is 2.65 bits per heavy atom. The maximum atomic E-state index is 13.7. The summed E-state index contributed by atoms with van der Waals surface area (Å²) in [7, 11) is 0. The van der Waals surface area contributed by atoms with Gasteiger partial charge in [-0.1, -0.05) is 0 Å². The Morgan fingerprint density at radius 1 is 1.53 bits per heavy atom. The molecule has 0 N–H and O–H groups in total. The van der Waals surface area contributed by atoms with Crippen molar-refractivity contribution in [1.82, 2.24) is 4.90 Å². The van der Waals surface area contributed by atoms with Crippen LogP contribution in [0.15, 0.2) is 0 Å². The smallest absolute Gasteiger partial charge is 0.410 e. The fourth-order valence-electron chi connectivity index (χ4n) is 1.83. The zero-order chi connectivity index (χ0) is 13.1. The highest BCUT2D eigenvalue weighted by atomic mass is 19.1. The van der Waals surface area contributed by atoms with Crippen LogP contribution < -0.4 is 0 Å². The number of rotatable bonds is 2. The first-order chi connectivity index (χ1) is 7.83. The maximum absolute atomic E-state index is 13.7. The van der Waals surface area contributed by atoms with E-state index in [4.69, 9.17) is 4.74 Å². The number of halogens is 1. The van der Waals surface area contributed by atoms with Gasteiger partial charge in [-0.3, -0.25) is 0 Å². The number of carbonyl (C=O) groups excluding carboxylic acids is 2. The van der Waals surface area contributed by atoms with Crippen LogP contribution in [0.3, 0.4) is 0 Å². The Balaban J connectivity index is 2.49. The summed E-state index contributed by atoms with van der Waals surface area (Å²) < 4.78 is 18.8. The molecule has 4 nitrogen and oxygen atoms in total. The van der Waals surface area contributed by atoms with Crippen molar-refractivity contribution in [2.45, 2.75) is 45.4 Å². The summed E-state index contributed by atoms with van der Waals surface area (Å²) in [5.41, 5.74) is -0.567. The first-order valence-electron chi connectivity index (χ1n) is 5.89. The van der Waals surface area contributed by atoms with Crippen molar-refractivity contribution < 1.29 is 18.7 Å². The van der Waals surface area contributed by atoms with Gasteiger partial charge in [0, 0.05) is 18.9 Å². The van der Waals surface area contributed by atoms with Crippen molar-refractivity contribution in [2.24, 2.45) is 5.92 Å². The van der Waals surface area contributed by atoms with Gasteiger partial charge in [-0.15, -0.1) is 0 Å². The fourth-order valence-corrected chi connectivity index (χ4v) is 1.83. The summed E-state index contributed by atoms with van der Waals surface area (Å²) in [6.45, 7) is 5.80. The van der Waals surface area contributed by atoms with Crippen molar-refractivity contribution in [1.29, 1.82) is 0 Å². The lowest BCUT2D eigenvalue weighted by molar-refractivity contribution is -0.109. The number of piperidine rings is 1. The zero-order valence-electron chi connectivity index (χ0n) is 10.6. The molecule has 0 radical (unpaired) electrons. The predicted octanol–water partition coefficient (Wildman–Crippen LogP) is 2.17. The quantitative estimate of drug-likeness (QED) is 0.700. The second kappa shape index (κ2) is 5.47. The van der Waals surface area contributed by atoms with Crippen LogP contribution >= 0.6 is 0 Å². The maximum Gasteiger partial charge on any atom is 0.410 e. The molecule has 0 aromatic carbocycles. The minimum Gasteiger partial charge on any atom is -0.444 e. The molecule has 17 heavy (non-hydrogen) atoms. The molecular weight excluding hydrogens is 225 g/mol. The molecule has 1 rings (SSSR count). The average molecular weight is 245 g/mol. The van der Waals surface area contributed by atoms with Crippen LogP contribution in [-0.4, -0.2) is 42.1 Å². The van der Waals surface area contributed by atoms with Gasteiger partial charge in [0.25, 0.3) is 0 Å². The van der Waals surface area contributed by atoms with E-state index in [1.54, 1.807) is 20.8 Å². The highest BCUT2D eigenvalue weighted by Gasteiger charge is 2.33. The molecule has 1 amide bonds. The molecule has 0 aliphatic carbocycles. The SMILES string of the molecule is CC(C)(C)OC(=O)N1CCC(CC=O)[C@@H](F)C1. The molecule has 1 saturated heterocycles. The molecule has 0 aromatic rings. The Labute approximate surface area is 101 Å². The summed E-state index contributed by atoms with van der Waals surface area (Å²) in [6.07, 6.45) is -0.144. The number of carbonyl (C=O) groups is 2. The van der Waals surface area contributed by atoms with Crippen molar-refractivity contribution >= 4 is 12.4 Å². The molecule has 1 heterocycles. The lowest BCUT2D eigenvalue weighted by Gasteiger charge is -2.35. The van der Waals surface area contributed by atoms with E-state index in [0.29, 0.717) is 13.0 Å². The Bertz CT molecular complexity index is 288. The second-order valence-electron chi connectivity index (χ2n) is 5.39. The number of alkyl halides is 1. The predicted molar refractivity (Wildman–Crippen MR) is 61.5 cm³/mol. The molecule has 0 spiro atoms. The number of nitrogens with zero attached hydrogens (tertiary/aromatic N) is 1. The summed E-state index contributed by atoms with van der Waals surface area (Å²) in [4.78, 5) is 23.4. The third kappa shape index (κ3) is 4.32. The minimum atomic E-state index is -1.14. The Hall–Kier alpha value is -1.13. The highest BCUT2D eigenvalue weighted by molar-refractivity contribution is 5.68. The van der Waals surface area contributed by atoms with Crippen LogP contribution in [0.5, 0.6) is 0 Å². The summed E-state index contributed by atoms with van der Waals surface area (Å²) in [5, 5.41) is 0. The molecule has 98 valence electrons. The monoisotopic (exact) mass is 245 g/mol. The van der Waals surface area contributed by atoms with Crippen molar-refractivity contribution in [3.8, 4) is 0 Å². The molecule has 1 aliphatic rings. The van der Waals surface area contributed by atoms with Gasteiger partial charge < -0.3 is 14.4 Å². The lowest BCUT2D eigenvalue weighted by Crippen LogP contribution is -2.46. The molecule has 5 heteroatoms. The van der Waals surface area contributed by atoms with Crippen LogP contribution in [0, 0.1) is 5.92 Å². The van der Waals surface area contributed by atoms with Gasteiger partial charge in [0.2, 0.25) is 0 Å². The van der Waals surface area contributed by atoms with E-state index in [0.717, 1.165) is 6.29 Å². The summed E-state index contributed by atoms with van der Waals surface area (Å²) in [6, 6.07) is 0. The first kappa shape index (κ1) is 13.9. The van der Waals surface area contributed by atoms with E-state index in [1.807, 2.05) is 0 Å². The van der Waals surface area contributed by atoms with Gasteiger partial charge in [-0.2, -0.15) is 0 Å². The van der Waals surface area contributed by atoms with E-state index in [1.165, 1.54) is 4.90 Å². The van der Waals surface area contributed by atoms with Crippen molar-refractivity contribution in [2.75, 3.05) is 13.1 Å². The van der Waals surface area contributed by atoms with Crippen molar-refractivity contribution in [3.63, 3.8) is 0 Å². The topological polar surface area (TPSA) is 46.6 Å². The molecule has 0 aromatic heterocycles. The van der Waals surface area contributed by atoms with Crippen LogP contribution in [-0.2, 0) is 9.53 Å². The number of hydrogen-bond acceptors (Lipinski definition) is 3. The van der Waals surface area contributed by atoms with E-state index in [9.17, 15) is 14.0 Å². The molecule has 1 aliphatic heterocycles. The van der Waals surface area contributed by atoms with Gasteiger partial charge in [-0.25, -0.2) is 9.18 Å². The average Bonchev–Trinajstić information content (AvgIpc) is 2.18. The third-order valence-electron chi connectivity index (χ3n) is 2.73. The van der Waals surface area contributed by atoms with Crippen LogP contribution in [0.25, 0.3) is 0 Å². The molecule has 1 unspecified atom stereocenters. The lowest BCUT2D eigenvalue weighted by atomic mass is 9.92. The molecule has 2 atom stereocenters. The van der Waals surface area contributed by atoms with Gasteiger partial charge in [0.1, 0.15) is 18.1 Å².